The first kappa shape index (κ1) is 20.6. The molecule has 0 aromatic carbocycles. The highest BCUT2D eigenvalue weighted by Gasteiger charge is 2.30. The number of hydrogen-bond donors (Lipinski definition) is 1. The number of nitriles is 1. The van der Waals surface area contributed by atoms with Crippen LogP contribution in [0.1, 0.15) is 28.0 Å². The molecule has 1 unspecified atom stereocenters. The van der Waals surface area contributed by atoms with E-state index < -0.39 is 0 Å². The fourth-order valence-electron chi connectivity index (χ4n) is 3.52. The summed E-state index contributed by atoms with van der Waals surface area (Å²) in [4.78, 5) is 27.3. The number of nitrogens with one attached hydrogen (secondary N) is 1. The molecule has 3 heterocycles. The second kappa shape index (κ2) is 9.43. The number of nitrogens with zero attached hydrogens (tertiary/aromatic N) is 2. The van der Waals surface area contributed by atoms with E-state index in [0.717, 1.165) is 16.0 Å². The molecule has 1 N–H and O–H groups in total. The Morgan fingerprint density at radius 3 is 2.93 bits per heavy atom. The van der Waals surface area contributed by atoms with Gasteiger partial charge in [-0.05, 0) is 46.9 Å². The number of thiophene rings is 2. The van der Waals surface area contributed by atoms with Crippen LogP contribution >= 0.6 is 22.7 Å². The first-order valence-electron chi connectivity index (χ1n) is 9.73. The summed E-state index contributed by atoms with van der Waals surface area (Å²) in [6.07, 6.45) is 4.55. The highest BCUT2D eigenvalue weighted by Crippen LogP contribution is 2.38. The Hall–Kier alpha value is -2.67. The lowest BCUT2D eigenvalue weighted by molar-refractivity contribution is -0.111. The molecule has 0 bridgehead atoms. The number of hydrogen-bond acceptors (Lipinski definition) is 7. The number of amides is 2. The van der Waals surface area contributed by atoms with E-state index in [2.05, 4.69) is 11.4 Å². The summed E-state index contributed by atoms with van der Waals surface area (Å²) in [7, 11) is 0. The van der Waals surface area contributed by atoms with Crippen molar-refractivity contribution in [2.75, 3.05) is 31.6 Å². The van der Waals surface area contributed by atoms with Crippen molar-refractivity contribution in [1.29, 1.82) is 5.26 Å². The van der Waals surface area contributed by atoms with Gasteiger partial charge in [0, 0.05) is 30.5 Å². The second-order valence-electron chi connectivity index (χ2n) is 7.05. The highest BCUT2D eigenvalue weighted by molar-refractivity contribution is 7.16. The molecule has 9 heteroatoms. The molecule has 0 spiro atoms. The van der Waals surface area contributed by atoms with Gasteiger partial charge in [0.1, 0.15) is 17.2 Å². The average Bonchev–Trinajstić information content (AvgIpc) is 3.39. The Morgan fingerprint density at radius 2 is 2.20 bits per heavy atom. The van der Waals surface area contributed by atoms with Crippen LogP contribution in [0.15, 0.2) is 22.9 Å². The maximum absolute atomic E-state index is 12.4. The van der Waals surface area contributed by atoms with Crippen molar-refractivity contribution >= 4 is 45.8 Å². The van der Waals surface area contributed by atoms with Crippen LogP contribution in [-0.4, -0.2) is 49.3 Å². The minimum Gasteiger partial charge on any atom is -0.446 e. The number of morpholine rings is 1. The Kier molecular flexibility index (Phi) is 6.47. The quantitative estimate of drug-likeness (QED) is 0.728. The lowest BCUT2D eigenvalue weighted by atomic mass is 9.94. The van der Waals surface area contributed by atoms with Gasteiger partial charge in [0.2, 0.25) is 5.91 Å². The van der Waals surface area contributed by atoms with Gasteiger partial charge in [0.25, 0.3) is 0 Å². The van der Waals surface area contributed by atoms with E-state index in [9.17, 15) is 14.9 Å². The molecule has 156 valence electrons. The predicted molar refractivity (Wildman–Crippen MR) is 116 cm³/mol. The largest absolute Gasteiger partial charge is 0.446 e. The van der Waals surface area contributed by atoms with Crippen molar-refractivity contribution in [2.45, 2.75) is 25.4 Å². The third kappa shape index (κ3) is 4.73. The van der Waals surface area contributed by atoms with Crippen LogP contribution in [0.2, 0.25) is 0 Å². The predicted octanol–water partition coefficient (Wildman–Crippen LogP) is 3.66. The normalized spacial score (nSPS) is 18.6. The molecule has 1 saturated heterocycles. The third-order valence-corrected chi connectivity index (χ3v) is 6.95. The molecule has 30 heavy (non-hydrogen) atoms. The van der Waals surface area contributed by atoms with Gasteiger partial charge in [-0.3, -0.25) is 4.79 Å². The summed E-state index contributed by atoms with van der Waals surface area (Å²) in [6, 6.07) is 4.16. The highest BCUT2D eigenvalue weighted by atomic mass is 32.1. The molecule has 1 atom stereocenters. The van der Waals surface area contributed by atoms with E-state index >= 15 is 0 Å². The maximum atomic E-state index is 12.4. The minimum atomic E-state index is -0.309. The van der Waals surface area contributed by atoms with Gasteiger partial charge in [0.05, 0.1) is 18.8 Å². The van der Waals surface area contributed by atoms with Crippen LogP contribution in [0.4, 0.5) is 9.80 Å². The Morgan fingerprint density at radius 1 is 1.37 bits per heavy atom. The SMILES string of the molecule is N#Cc1c(NC(=O)C=Cc2ccsc2)sc2c1CCC(OC(=O)N1CCOCC1)C2. The van der Waals surface area contributed by atoms with Gasteiger partial charge in [-0.25, -0.2) is 4.79 Å². The monoisotopic (exact) mass is 443 g/mol. The summed E-state index contributed by atoms with van der Waals surface area (Å²) >= 11 is 2.96. The maximum Gasteiger partial charge on any atom is 0.410 e. The third-order valence-electron chi connectivity index (χ3n) is 5.08. The van der Waals surface area contributed by atoms with E-state index in [1.165, 1.54) is 17.4 Å². The van der Waals surface area contributed by atoms with E-state index in [1.807, 2.05) is 16.8 Å². The Labute approximate surface area is 182 Å². The van der Waals surface area contributed by atoms with Gasteiger partial charge in [-0.15, -0.1) is 11.3 Å². The summed E-state index contributed by atoms with van der Waals surface area (Å²) < 4.78 is 11.0. The van der Waals surface area contributed by atoms with E-state index in [0.29, 0.717) is 56.1 Å². The molecule has 0 radical (unpaired) electrons. The van der Waals surface area contributed by atoms with Crippen LogP contribution in [0, 0.1) is 11.3 Å². The van der Waals surface area contributed by atoms with E-state index in [-0.39, 0.29) is 18.1 Å². The van der Waals surface area contributed by atoms with Gasteiger partial charge in [0.15, 0.2) is 0 Å². The van der Waals surface area contributed by atoms with Crippen LogP contribution < -0.4 is 5.32 Å². The van der Waals surface area contributed by atoms with Crippen molar-refractivity contribution in [2.24, 2.45) is 0 Å². The molecule has 1 fully saturated rings. The number of anilines is 1. The zero-order chi connectivity index (χ0) is 20.9. The molecule has 2 aliphatic rings. The van der Waals surface area contributed by atoms with Crippen LogP contribution in [-0.2, 0) is 27.1 Å². The van der Waals surface area contributed by atoms with Crippen molar-refractivity contribution < 1.29 is 19.1 Å². The summed E-state index contributed by atoms with van der Waals surface area (Å²) in [6.45, 7) is 2.15. The summed E-state index contributed by atoms with van der Waals surface area (Å²) in [5.41, 5.74) is 2.44. The zero-order valence-corrected chi connectivity index (χ0v) is 17.9. The first-order chi connectivity index (χ1) is 14.6. The standard InChI is InChI=1S/C21H21N3O4S2/c22-12-17-16-3-2-15(28-21(26)24-6-8-27-9-7-24)11-18(16)30-20(17)23-19(25)4-1-14-5-10-29-13-14/h1,4-5,10,13,15H,2-3,6-9,11H2,(H,23,25). The molecule has 4 rings (SSSR count). The van der Waals surface area contributed by atoms with Gasteiger partial charge in [-0.1, -0.05) is 0 Å². The first-order valence-corrected chi connectivity index (χ1v) is 11.5. The van der Waals surface area contributed by atoms with Gasteiger partial charge in [-0.2, -0.15) is 16.6 Å². The topological polar surface area (TPSA) is 91.7 Å². The molecular formula is C21H21N3O4S2. The molecule has 2 aromatic rings. The fraction of sp³-hybridized carbons (Fsp3) is 0.381. The molecular weight excluding hydrogens is 422 g/mol. The molecule has 7 nitrogen and oxygen atoms in total. The van der Waals surface area contributed by atoms with Crippen molar-refractivity contribution in [3.8, 4) is 6.07 Å². The van der Waals surface area contributed by atoms with Gasteiger partial charge < -0.3 is 19.7 Å². The minimum absolute atomic E-state index is 0.222. The zero-order valence-electron chi connectivity index (χ0n) is 16.3. The van der Waals surface area contributed by atoms with Crippen molar-refractivity contribution in [3.05, 3.63) is 44.5 Å². The van der Waals surface area contributed by atoms with Crippen molar-refractivity contribution in [3.63, 3.8) is 0 Å². The molecule has 2 aromatic heterocycles. The van der Waals surface area contributed by atoms with Crippen LogP contribution in [0.25, 0.3) is 6.08 Å². The molecule has 2 amide bonds. The van der Waals surface area contributed by atoms with Crippen LogP contribution in [0.5, 0.6) is 0 Å². The smallest absolute Gasteiger partial charge is 0.410 e. The lowest BCUT2D eigenvalue weighted by Gasteiger charge is -2.29. The number of carbonyl (C=O) groups is 2. The summed E-state index contributed by atoms with van der Waals surface area (Å²) in [5.74, 6) is -0.272. The van der Waals surface area contributed by atoms with E-state index in [1.54, 1.807) is 22.3 Å². The fourth-order valence-corrected chi connectivity index (χ4v) is 5.41. The van der Waals surface area contributed by atoms with Crippen molar-refractivity contribution in [1.82, 2.24) is 4.90 Å². The Bertz CT molecular complexity index is 985. The van der Waals surface area contributed by atoms with Crippen LogP contribution in [0.3, 0.4) is 0 Å². The van der Waals surface area contributed by atoms with Gasteiger partial charge >= 0.3 is 6.09 Å². The molecule has 1 aliphatic heterocycles. The lowest BCUT2D eigenvalue weighted by Crippen LogP contribution is -2.42. The van der Waals surface area contributed by atoms with E-state index in [4.69, 9.17) is 9.47 Å². The molecule has 0 saturated carbocycles. The molecule has 1 aliphatic carbocycles. The average molecular weight is 444 g/mol. The number of ether oxygens (including phenoxy) is 2. The number of rotatable bonds is 4. The summed E-state index contributed by atoms with van der Waals surface area (Å²) in [5, 5.41) is 16.9. The number of fused-ring (bicyclic) bond motifs is 1. The number of carbonyl (C=O) groups excluding carboxylic acids is 2. The second-order valence-corrected chi connectivity index (χ2v) is 8.93. The Balaban J connectivity index is 1.41.